The predicted molar refractivity (Wildman–Crippen MR) is 81.8 cm³/mol. The van der Waals surface area contributed by atoms with Crippen LogP contribution in [0.15, 0.2) is 36.7 Å². The Kier molecular flexibility index (Phi) is 4.05. The van der Waals surface area contributed by atoms with Crippen LogP contribution in [0.2, 0.25) is 0 Å². The van der Waals surface area contributed by atoms with Crippen LogP contribution in [0.3, 0.4) is 0 Å². The van der Waals surface area contributed by atoms with Gasteiger partial charge in [-0.1, -0.05) is 36.5 Å². The van der Waals surface area contributed by atoms with Crippen molar-refractivity contribution in [3.63, 3.8) is 0 Å². The van der Waals surface area contributed by atoms with Crippen molar-refractivity contribution < 1.29 is 8.42 Å². The molecule has 0 aliphatic carbocycles. The standard InChI is InChI=1S/C12H14N4O2S2/c1-16-7-10(6-14-16)15-20(17,18)8-9-4-2-3-5-11(9)12(13)19/h2-7,15H,8H2,1H3,(H2,13,19). The molecule has 1 aromatic carbocycles. The first kappa shape index (κ1) is 14.5. The summed E-state index contributed by atoms with van der Waals surface area (Å²) in [5.74, 6) is -0.199. The lowest BCUT2D eigenvalue weighted by atomic mass is 10.1. The molecule has 0 unspecified atom stereocenters. The summed E-state index contributed by atoms with van der Waals surface area (Å²) in [6.45, 7) is 0. The lowest BCUT2D eigenvalue weighted by Crippen LogP contribution is -2.18. The van der Waals surface area contributed by atoms with E-state index in [0.29, 0.717) is 16.8 Å². The predicted octanol–water partition coefficient (Wildman–Crippen LogP) is 0.996. The molecule has 0 amide bonds. The highest BCUT2D eigenvalue weighted by atomic mass is 32.2. The molecule has 0 radical (unpaired) electrons. The molecule has 2 aromatic rings. The summed E-state index contributed by atoms with van der Waals surface area (Å²) in [7, 11) is -1.84. The van der Waals surface area contributed by atoms with Gasteiger partial charge in [-0.3, -0.25) is 9.40 Å². The van der Waals surface area contributed by atoms with Gasteiger partial charge in [-0.2, -0.15) is 5.10 Å². The smallest absolute Gasteiger partial charge is 0.237 e. The second-order valence-corrected chi connectivity index (χ2v) is 6.45. The van der Waals surface area contributed by atoms with Gasteiger partial charge in [0.15, 0.2) is 0 Å². The van der Waals surface area contributed by atoms with Gasteiger partial charge < -0.3 is 5.73 Å². The van der Waals surface area contributed by atoms with Gasteiger partial charge in [0.2, 0.25) is 10.0 Å². The Hall–Kier alpha value is -1.93. The van der Waals surface area contributed by atoms with Crippen molar-refractivity contribution in [3.05, 3.63) is 47.8 Å². The molecule has 1 aromatic heterocycles. The number of nitrogens with two attached hydrogens (primary N) is 1. The van der Waals surface area contributed by atoms with E-state index in [0.717, 1.165) is 0 Å². The quantitative estimate of drug-likeness (QED) is 0.804. The molecule has 2 rings (SSSR count). The molecular formula is C12H14N4O2S2. The fraction of sp³-hybridized carbons (Fsp3) is 0.167. The highest BCUT2D eigenvalue weighted by Crippen LogP contribution is 2.15. The first-order valence-electron chi connectivity index (χ1n) is 5.74. The maximum absolute atomic E-state index is 12.1. The first-order valence-corrected chi connectivity index (χ1v) is 7.80. The normalized spacial score (nSPS) is 11.2. The second kappa shape index (κ2) is 5.59. The van der Waals surface area contributed by atoms with Crippen molar-refractivity contribution in [1.82, 2.24) is 9.78 Å². The Balaban J connectivity index is 2.22. The molecule has 20 heavy (non-hydrogen) atoms. The number of nitrogens with one attached hydrogen (secondary N) is 1. The molecule has 1 heterocycles. The number of aromatic nitrogens is 2. The van der Waals surface area contributed by atoms with Crippen molar-refractivity contribution in [2.45, 2.75) is 5.75 Å². The molecule has 0 fully saturated rings. The number of nitrogens with zero attached hydrogens (tertiary/aromatic N) is 2. The Morgan fingerprint density at radius 3 is 2.75 bits per heavy atom. The molecule has 8 heteroatoms. The summed E-state index contributed by atoms with van der Waals surface area (Å²) in [5, 5.41) is 3.90. The summed E-state index contributed by atoms with van der Waals surface area (Å²) in [4.78, 5) is 0.178. The van der Waals surface area contributed by atoms with E-state index >= 15 is 0 Å². The van der Waals surface area contributed by atoms with E-state index < -0.39 is 10.0 Å². The molecule has 0 aliphatic rings. The van der Waals surface area contributed by atoms with Crippen LogP contribution in [0.5, 0.6) is 0 Å². The molecule has 3 N–H and O–H groups in total. The molecule has 0 spiro atoms. The molecule has 6 nitrogen and oxygen atoms in total. The minimum atomic E-state index is -3.55. The summed E-state index contributed by atoms with van der Waals surface area (Å²) in [6, 6.07) is 6.91. The van der Waals surface area contributed by atoms with E-state index in [1.165, 1.54) is 10.9 Å². The third-order valence-corrected chi connectivity index (χ3v) is 4.06. The van der Waals surface area contributed by atoms with Gasteiger partial charge in [-0.15, -0.1) is 0 Å². The zero-order chi connectivity index (χ0) is 14.8. The van der Waals surface area contributed by atoms with Gasteiger partial charge >= 0.3 is 0 Å². The molecular weight excluding hydrogens is 296 g/mol. The van der Waals surface area contributed by atoms with Gasteiger partial charge in [0.05, 0.1) is 17.6 Å². The van der Waals surface area contributed by atoms with Crippen molar-refractivity contribution in [1.29, 1.82) is 0 Å². The Labute approximate surface area is 122 Å². The second-order valence-electron chi connectivity index (χ2n) is 4.29. The number of benzene rings is 1. The molecule has 0 bridgehead atoms. The first-order chi connectivity index (χ1) is 9.37. The maximum Gasteiger partial charge on any atom is 0.237 e. The number of aryl methyl sites for hydroxylation is 1. The lowest BCUT2D eigenvalue weighted by Gasteiger charge is -2.09. The minimum absolute atomic E-state index is 0.178. The Morgan fingerprint density at radius 1 is 1.45 bits per heavy atom. The zero-order valence-corrected chi connectivity index (χ0v) is 12.4. The van der Waals surface area contributed by atoms with Crippen molar-refractivity contribution in [3.8, 4) is 0 Å². The van der Waals surface area contributed by atoms with Gasteiger partial charge in [-0.05, 0) is 5.56 Å². The number of thiocarbonyl (C=S) groups is 1. The van der Waals surface area contributed by atoms with E-state index in [1.54, 1.807) is 37.5 Å². The van der Waals surface area contributed by atoms with Crippen molar-refractivity contribution in [2.75, 3.05) is 4.72 Å². The fourth-order valence-corrected chi connectivity index (χ4v) is 3.18. The average Bonchev–Trinajstić information content (AvgIpc) is 2.73. The van der Waals surface area contributed by atoms with Gasteiger partial charge in [0, 0.05) is 18.8 Å². The van der Waals surface area contributed by atoms with E-state index in [1.807, 2.05) is 0 Å². The topological polar surface area (TPSA) is 90.0 Å². The highest BCUT2D eigenvalue weighted by molar-refractivity contribution is 7.91. The third-order valence-electron chi connectivity index (χ3n) is 2.61. The van der Waals surface area contributed by atoms with Crippen molar-refractivity contribution in [2.24, 2.45) is 12.8 Å². The zero-order valence-electron chi connectivity index (χ0n) is 10.8. The monoisotopic (exact) mass is 310 g/mol. The van der Waals surface area contributed by atoms with E-state index in [-0.39, 0.29) is 10.7 Å². The average molecular weight is 310 g/mol. The number of rotatable bonds is 5. The molecule has 0 saturated heterocycles. The SMILES string of the molecule is Cn1cc(NS(=O)(=O)Cc2ccccc2C(N)=S)cn1. The highest BCUT2D eigenvalue weighted by Gasteiger charge is 2.15. The molecule has 0 atom stereocenters. The summed E-state index contributed by atoms with van der Waals surface area (Å²) in [5.41, 5.74) is 7.14. The molecule has 106 valence electrons. The number of hydrogen-bond acceptors (Lipinski definition) is 4. The van der Waals surface area contributed by atoms with Crippen LogP contribution < -0.4 is 10.5 Å². The maximum atomic E-state index is 12.1. The lowest BCUT2D eigenvalue weighted by molar-refractivity contribution is 0.600. The Bertz CT molecular complexity index is 737. The van der Waals surface area contributed by atoms with Gasteiger partial charge in [-0.25, -0.2) is 8.42 Å². The van der Waals surface area contributed by atoms with E-state index in [4.69, 9.17) is 18.0 Å². The number of hydrogen-bond donors (Lipinski definition) is 2. The van der Waals surface area contributed by atoms with Gasteiger partial charge in [0.25, 0.3) is 0 Å². The summed E-state index contributed by atoms with van der Waals surface area (Å²) in [6.07, 6.45) is 3.02. The third kappa shape index (κ3) is 3.55. The van der Waals surface area contributed by atoms with Crippen LogP contribution in [-0.4, -0.2) is 23.2 Å². The Morgan fingerprint density at radius 2 is 2.15 bits per heavy atom. The molecule has 0 saturated carbocycles. The van der Waals surface area contributed by atoms with Crippen LogP contribution >= 0.6 is 12.2 Å². The minimum Gasteiger partial charge on any atom is -0.389 e. The van der Waals surface area contributed by atoms with Gasteiger partial charge in [0.1, 0.15) is 4.99 Å². The molecule has 0 aliphatic heterocycles. The van der Waals surface area contributed by atoms with Crippen LogP contribution in [0.25, 0.3) is 0 Å². The van der Waals surface area contributed by atoms with Crippen LogP contribution in [0.4, 0.5) is 5.69 Å². The van der Waals surface area contributed by atoms with Crippen LogP contribution in [0.1, 0.15) is 11.1 Å². The van der Waals surface area contributed by atoms with Crippen LogP contribution in [0, 0.1) is 0 Å². The van der Waals surface area contributed by atoms with Crippen molar-refractivity contribution >= 4 is 32.9 Å². The fourth-order valence-electron chi connectivity index (χ4n) is 1.78. The number of anilines is 1. The van der Waals surface area contributed by atoms with Crippen LogP contribution in [-0.2, 0) is 22.8 Å². The summed E-state index contributed by atoms with van der Waals surface area (Å²) >= 11 is 4.92. The number of sulfonamides is 1. The largest absolute Gasteiger partial charge is 0.389 e. The summed E-state index contributed by atoms with van der Waals surface area (Å²) < 4.78 is 28.2. The van der Waals surface area contributed by atoms with E-state index in [2.05, 4.69) is 9.82 Å². The van der Waals surface area contributed by atoms with E-state index in [9.17, 15) is 8.42 Å².